The molecule has 1 aromatic rings. The summed E-state index contributed by atoms with van der Waals surface area (Å²) in [5.41, 5.74) is 1.47. The van der Waals surface area contributed by atoms with E-state index in [0.717, 1.165) is 5.69 Å². The molecular formula is C17H18ClFN4O3. The molecule has 1 aromatic carbocycles. The van der Waals surface area contributed by atoms with E-state index in [1.807, 2.05) is 0 Å². The van der Waals surface area contributed by atoms with Crippen LogP contribution in [0.25, 0.3) is 0 Å². The van der Waals surface area contributed by atoms with E-state index in [4.69, 9.17) is 11.6 Å². The topological polar surface area (TPSA) is 81.8 Å². The van der Waals surface area contributed by atoms with Gasteiger partial charge in [-0.1, -0.05) is 11.6 Å². The monoisotopic (exact) mass is 380 g/mol. The zero-order valence-corrected chi connectivity index (χ0v) is 14.7. The van der Waals surface area contributed by atoms with Crippen molar-refractivity contribution in [2.75, 3.05) is 24.5 Å². The summed E-state index contributed by atoms with van der Waals surface area (Å²) in [7, 11) is 0. The van der Waals surface area contributed by atoms with Gasteiger partial charge in [-0.2, -0.15) is 0 Å². The van der Waals surface area contributed by atoms with Gasteiger partial charge >= 0.3 is 6.03 Å². The number of urea groups is 1. The van der Waals surface area contributed by atoms with Crippen LogP contribution in [-0.2, 0) is 16.0 Å². The lowest BCUT2D eigenvalue weighted by Crippen LogP contribution is -2.53. The smallest absolute Gasteiger partial charge is 0.322 e. The number of imide groups is 1. The number of benzene rings is 1. The van der Waals surface area contributed by atoms with E-state index >= 15 is 0 Å². The molecule has 0 aromatic heterocycles. The van der Waals surface area contributed by atoms with Crippen LogP contribution in [0.1, 0.15) is 18.4 Å². The number of carbonyl (C=O) groups excluding carboxylic acids is 3. The lowest BCUT2D eigenvalue weighted by atomic mass is 10.1. The Balaban J connectivity index is 1.37. The lowest BCUT2D eigenvalue weighted by molar-refractivity contribution is -0.132. The van der Waals surface area contributed by atoms with E-state index in [1.54, 1.807) is 11.0 Å². The third-order valence-electron chi connectivity index (χ3n) is 5.23. The van der Waals surface area contributed by atoms with Gasteiger partial charge in [0, 0.05) is 42.3 Å². The van der Waals surface area contributed by atoms with Gasteiger partial charge in [0.25, 0.3) is 5.91 Å². The molecule has 2 saturated heterocycles. The van der Waals surface area contributed by atoms with Crippen LogP contribution >= 0.6 is 11.6 Å². The molecule has 9 heteroatoms. The van der Waals surface area contributed by atoms with Crippen molar-refractivity contribution < 1.29 is 18.8 Å². The third kappa shape index (κ3) is 2.98. The maximum atomic E-state index is 14.1. The number of hydrogen-bond acceptors (Lipinski definition) is 4. The molecule has 0 bridgehead atoms. The fourth-order valence-corrected chi connectivity index (χ4v) is 4.14. The summed E-state index contributed by atoms with van der Waals surface area (Å²) < 4.78 is 14.1. The molecule has 0 radical (unpaired) electrons. The zero-order chi connectivity index (χ0) is 18.4. The second kappa shape index (κ2) is 6.42. The van der Waals surface area contributed by atoms with E-state index < -0.39 is 18.0 Å². The normalized spacial score (nSPS) is 24.2. The van der Waals surface area contributed by atoms with Gasteiger partial charge in [-0.15, -0.1) is 0 Å². The number of carbonyl (C=O) groups is 3. The molecule has 2 fully saturated rings. The van der Waals surface area contributed by atoms with Crippen molar-refractivity contribution in [3.8, 4) is 0 Å². The largest absolute Gasteiger partial charge is 0.364 e. The SMILES string of the molecule is O=C1NC(=O)C(CCC(=O)N2CCN3c4cc(Cl)cc(F)c4CC3C2)N1. The zero-order valence-electron chi connectivity index (χ0n) is 13.9. The fourth-order valence-electron chi connectivity index (χ4n) is 3.95. The van der Waals surface area contributed by atoms with Gasteiger partial charge in [0.15, 0.2) is 0 Å². The van der Waals surface area contributed by atoms with Crippen molar-refractivity contribution in [1.29, 1.82) is 0 Å². The summed E-state index contributed by atoms with van der Waals surface area (Å²) in [6.07, 6.45) is 0.993. The van der Waals surface area contributed by atoms with Crippen molar-refractivity contribution >= 4 is 35.1 Å². The molecule has 4 rings (SSSR count). The van der Waals surface area contributed by atoms with Gasteiger partial charge in [0.2, 0.25) is 5.91 Å². The first-order valence-electron chi connectivity index (χ1n) is 8.56. The van der Waals surface area contributed by atoms with Gasteiger partial charge in [-0.05, 0) is 25.0 Å². The number of piperazine rings is 1. The fraction of sp³-hybridized carbons (Fsp3) is 0.471. The van der Waals surface area contributed by atoms with E-state index in [-0.39, 0.29) is 30.6 Å². The highest BCUT2D eigenvalue weighted by Gasteiger charge is 2.37. The maximum Gasteiger partial charge on any atom is 0.322 e. The molecule has 2 unspecified atom stereocenters. The molecule has 2 N–H and O–H groups in total. The van der Waals surface area contributed by atoms with Crippen LogP contribution in [0.2, 0.25) is 5.02 Å². The summed E-state index contributed by atoms with van der Waals surface area (Å²) in [6.45, 7) is 1.66. The first kappa shape index (κ1) is 17.1. The molecule has 0 spiro atoms. The lowest BCUT2D eigenvalue weighted by Gasteiger charge is -2.39. The Labute approximate surface area is 154 Å². The van der Waals surface area contributed by atoms with Gasteiger partial charge < -0.3 is 15.1 Å². The molecule has 0 aliphatic carbocycles. The predicted octanol–water partition coefficient (Wildman–Crippen LogP) is 1.04. The van der Waals surface area contributed by atoms with Gasteiger partial charge in [-0.25, -0.2) is 9.18 Å². The first-order chi connectivity index (χ1) is 12.4. The van der Waals surface area contributed by atoms with Crippen LogP contribution in [-0.4, -0.2) is 54.5 Å². The Morgan fingerprint density at radius 2 is 2.12 bits per heavy atom. The number of nitrogens with zero attached hydrogens (tertiary/aromatic N) is 2. The van der Waals surface area contributed by atoms with Crippen LogP contribution in [0.5, 0.6) is 0 Å². The van der Waals surface area contributed by atoms with Crippen LogP contribution in [0.15, 0.2) is 12.1 Å². The number of nitrogens with one attached hydrogen (secondary N) is 2. The third-order valence-corrected chi connectivity index (χ3v) is 5.44. The Kier molecular flexibility index (Phi) is 4.22. The van der Waals surface area contributed by atoms with Crippen LogP contribution in [0, 0.1) is 5.82 Å². The van der Waals surface area contributed by atoms with Crippen LogP contribution < -0.4 is 15.5 Å². The summed E-state index contributed by atoms with van der Waals surface area (Å²) in [5, 5.41) is 5.02. The number of anilines is 1. The quantitative estimate of drug-likeness (QED) is 0.768. The number of halogens is 2. The van der Waals surface area contributed by atoms with Gasteiger partial charge in [0.1, 0.15) is 11.9 Å². The summed E-state index contributed by atoms with van der Waals surface area (Å²) in [6, 6.07) is 1.96. The average Bonchev–Trinajstić information content (AvgIpc) is 3.11. The van der Waals surface area contributed by atoms with Crippen LogP contribution in [0.4, 0.5) is 14.9 Å². The highest BCUT2D eigenvalue weighted by Crippen LogP contribution is 2.37. The number of hydrogen-bond donors (Lipinski definition) is 2. The molecule has 3 aliphatic rings. The minimum Gasteiger partial charge on any atom is -0.364 e. The Bertz CT molecular complexity index is 802. The van der Waals surface area contributed by atoms with E-state index in [9.17, 15) is 18.8 Å². The van der Waals surface area contributed by atoms with Crippen molar-refractivity contribution in [3.05, 3.63) is 28.5 Å². The molecule has 138 valence electrons. The minimum atomic E-state index is -0.653. The van der Waals surface area contributed by atoms with Crippen molar-refractivity contribution in [3.63, 3.8) is 0 Å². The highest BCUT2D eigenvalue weighted by molar-refractivity contribution is 6.31. The maximum absolute atomic E-state index is 14.1. The van der Waals surface area contributed by atoms with Crippen LogP contribution in [0.3, 0.4) is 0 Å². The first-order valence-corrected chi connectivity index (χ1v) is 8.94. The van der Waals surface area contributed by atoms with Crippen molar-refractivity contribution in [1.82, 2.24) is 15.5 Å². The van der Waals surface area contributed by atoms with E-state index in [0.29, 0.717) is 36.6 Å². The van der Waals surface area contributed by atoms with Gasteiger partial charge in [0.05, 0.1) is 6.04 Å². The predicted molar refractivity (Wildman–Crippen MR) is 92.5 cm³/mol. The molecule has 3 aliphatic heterocycles. The Morgan fingerprint density at radius 1 is 1.31 bits per heavy atom. The molecule has 7 nitrogen and oxygen atoms in total. The van der Waals surface area contributed by atoms with E-state index in [1.165, 1.54) is 6.07 Å². The summed E-state index contributed by atoms with van der Waals surface area (Å²) in [4.78, 5) is 39.0. The number of rotatable bonds is 3. The minimum absolute atomic E-state index is 0.0325. The molecule has 4 amide bonds. The van der Waals surface area contributed by atoms with E-state index in [2.05, 4.69) is 15.5 Å². The van der Waals surface area contributed by atoms with Crippen molar-refractivity contribution in [2.24, 2.45) is 0 Å². The second-order valence-electron chi connectivity index (χ2n) is 6.83. The molecule has 0 saturated carbocycles. The molecular weight excluding hydrogens is 363 g/mol. The highest BCUT2D eigenvalue weighted by atomic mass is 35.5. The standard InChI is InChI=1S/C17H18ClFN4O3/c18-9-5-12(19)11-7-10-8-22(3-4-23(10)14(11)6-9)15(24)2-1-13-16(25)21-17(26)20-13/h5-6,10,13H,1-4,7-8H2,(H2,20,21,25,26). The van der Waals surface area contributed by atoms with Crippen molar-refractivity contribution in [2.45, 2.75) is 31.3 Å². The molecule has 3 heterocycles. The number of amides is 4. The Hall–Kier alpha value is -2.35. The number of fused-ring (bicyclic) bond motifs is 3. The Morgan fingerprint density at radius 3 is 2.85 bits per heavy atom. The van der Waals surface area contributed by atoms with Gasteiger partial charge in [-0.3, -0.25) is 14.9 Å². The average molecular weight is 381 g/mol. The molecule has 26 heavy (non-hydrogen) atoms. The summed E-state index contributed by atoms with van der Waals surface area (Å²) >= 11 is 5.97. The summed E-state index contributed by atoms with van der Waals surface area (Å²) in [5.74, 6) is -0.762. The molecule has 2 atom stereocenters. The second-order valence-corrected chi connectivity index (χ2v) is 7.27.